The van der Waals surface area contributed by atoms with Gasteiger partial charge in [-0.1, -0.05) is 37.6 Å². The third-order valence-electron chi connectivity index (χ3n) is 5.99. The topological polar surface area (TPSA) is 162 Å². The average Bonchev–Trinajstić information content (AvgIpc) is 2.87. The number of methoxy groups -OCH3 is 1. The molecule has 0 radical (unpaired) electrons. The number of hydrogen-bond donors (Lipinski definition) is 5. The van der Waals surface area contributed by atoms with Crippen LogP contribution in [0.25, 0.3) is 0 Å². The second kappa shape index (κ2) is 13.5. The molecular formula is C27H34N2O8. The van der Waals surface area contributed by atoms with E-state index >= 15 is 0 Å². The number of hydrogen-bond acceptors (Lipinski definition) is 7. The number of rotatable bonds is 12. The van der Waals surface area contributed by atoms with Crippen molar-refractivity contribution < 1.29 is 39.2 Å². The van der Waals surface area contributed by atoms with Crippen molar-refractivity contribution in [2.75, 3.05) is 7.11 Å². The third kappa shape index (κ3) is 7.86. The predicted molar refractivity (Wildman–Crippen MR) is 135 cm³/mol. The Labute approximate surface area is 215 Å². The van der Waals surface area contributed by atoms with Gasteiger partial charge in [0.15, 0.2) is 12.1 Å². The predicted octanol–water partition coefficient (Wildman–Crippen LogP) is 1.83. The van der Waals surface area contributed by atoms with Gasteiger partial charge in [0.05, 0.1) is 19.3 Å². The summed E-state index contributed by atoms with van der Waals surface area (Å²) in [5, 5.41) is 33.3. The first-order chi connectivity index (χ1) is 17.5. The quantitative estimate of drug-likeness (QED) is 0.268. The zero-order chi connectivity index (χ0) is 27.7. The standard InChI is InChI=1S/C27H34N2O8/c1-5-6-21(17-7-11-19(12-8-17)24(32)28-22(15(2)30)26(34)35)18-9-13-20(14-10-18)25(33)29-23(16(3)31)27(36)37-4/h7-16,21-23,30-31H,5-6H2,1-4H3,(H,28,32)(H,29,33)(H,34,35)/t15-,16?,21?,22+,23?/m1/s1. The van der Waals surface area contributed by atoms with Crippen LogP contribution in [0, 0.1) is 0 Å². The van der Waals surface area contributed by atoms with Gasteiger partial charge in [-0.05, 0) is 55.7 Å². The minimum absolute atomic E-state index is 0.0243. The summed E-state index contributed by atoms with van der Waals surface area (Å²) in [6.45, 7) is 4.71. The van der Waals surface area contributed by atoms with Gasteiger partial charge in [-0.25, -0.2) is 9.59 Å². The maximum atomic E-state index is 12.6. The Bertz CT molecular complexity index is 1080. The molecule has 200 valence electrons. The molecule has 0 aromatic heterocycles. The fraction of sp³-hybridized carbons (Fsp3) is 0.407. The molecule has 2 amide bonds. The first-order valence-corrected chi connectivity index (χ1v) is 12.0. The molecule has 0 saturated carbocycles. The monoisotopic (exact) mass is 514 g/mol. The van der Waals surface area contributed by atoms with Gasteiger partial charge < -0.3 is 30.7 Å². The number of nitrogens with one attached hydrogen (secondary N) is 2. The van der Waals surface area contributed by atoms with E-state index in [2.05, 4.69) is 15.4 Å². The number of benzene rings is 2. The Kier molecular flexibility index (Phi) is 10.8. The lowest BCUT2D eigenvalue weighted by Gasteiger charge is -2.20. The maximum Gasteiger partial charge on any atom is 0.331 e. The molecule has 2 rings (SSSR count). The number of esters is 1. The molecular weight excluding hydrogens is 480 g/mol. The Morgan fingerprint density at radius 1 is 0.784 bits per heavy atom. The minimum atomic E-state index is -1.42. The molecule has 0 saturated heterocycles. The fourth-order valence-corrected chi connectivity index (χ4v) is 3.89. The summed E-state index contributed by atoms with van der Waals surface area (Å²) in [5.74, 6) is -3.23. The number of aliphatic carboxylic acids is 1. The first-order valence-electron chi connectivity index (χ1n) is 12.0. The van der Waals surface area contributed by atoms with Gasteiger partial charge in [0, 0.05) is 17.0 Å². The molecule has 0 aliphatic rings. The normalized spacial score (nSPS) is 15.0. The number of carbonyl (C=O) groups excluding carboxylic acids is 3. The lowest BCUT2D eigenvalue weighted by Crippen LogP contribution is -2.48. The molecule has 2 aromatic carbocycles. The Morgan fingerprint density at radius 3 is 1.51 bits per heavy atom. The molecule has 0 spiro atoms. The van der Waals surface area contributed by atoms with Crippen LogP contribution in [0.15, 0.2) is 48.5 Å². The Hall–Kier alpha value is -3.76. The Morgan fingerprint density at radius 2 is 1.19 bits per heavy atom. The fourth-order valence-electron chi connectivity index (χ4n) is 3.89. The van der Waals surface area contributed by atoms with Crippen LogP contribution in [-0.2, 0) is 14.3 Å². The molecule has 0 aliphatic carbocycles. The SMILES string of the molecule is CCCC(c1ccc(C(=O)NC(C(=O)OC)C(C)O)cc1)c1ccc(C(=O)N[C@H](C(=O)O)[C@@H](C)O)cc1. The van der Waals surface area contributed by atoms with Crippen LogP contribution in [0.2, 0.25) is 0 Å². The van der Waals surface area contributed by atoms with Gasteiger partial charge in [-0.15, -0.1) is 0 Å². The van der Waals surface area contributed by atoms with Crippen LogP contribution in [0.5, 0.6) is 0 Å². The van der Waals surface area contributed by atoms with Crippen molar-refractivity contribution in [3.63, 3.8) is 0 Å². The summed E-state index contributed by atoms with van der Waals surface area (Å²) < 4.78 is 4.62. The molecule has 0 bridgehead atoms. The zero-order valence-electron chi connectivity index (χ0n) is 21.3. The van der Waals surface area contributed by atoms with E-state index in [9.17, 15) is 29.4 Å². The molecule has 0 aliphatic heterocycles. The molecule has 2 aromatic rings. The Balaban J connectivity index is 2.19. The van der Waals surface area contributed by atoms with Crippen molar-refractivity contribution >= 4 is 23.8 Å². The van der Waals surface area contributed by atoms with Gasteiger partial charge in [0.25, 0.3) is 11.8 Å². The van der Waals surface area contributed by atoms with Crippen molar-refractivity contribution in [2.24, 2.45) is 0 Å². The van der Waals surface area contributed by atoms with E-state index in [-0.39, 0.29) is 11.5 Å². The largest absolute Gasteiger partial charge is 0.480 e. The second-order valence-corrected chi connectivity index (χ2v) is 8.83. The van der Waals surface area contributed by atoms with Gasteiger partial charge in [-0.2, -0.15) is 0 Å². The van der Waals surface area contributed by atoms with Gasteiger partial charge in [-0.3, -0.25) is 9.59 Å². The van der Waals surface area contributed by atoms with E-state index in [1.807, 2.05) is 19.1 Å². The van der Waals surface area contributed by atoms with Gasteiger partial charge in [0.1, 0.15) is 0 Å². The van der Waals surface area contributed by atoms with Gasteiger partial charge >= 0.3 is 11.9 Å². The van der Waals surface area contributed by atoms with Crippen LogP contribution in [0.4, 0.5) is 0 Å². The highest BCUT2D eigenvalue weighted by Gasteiger charge is 2.27. The molecule has 5 atom stereocenters. The first kappa shape index (κ1) is 29.5. The zero-order valence-corrected chi connectivity index (χ0v) is 21.3. The van der Waals surface area contributed by atoms with E-state index in [1.54, 1.807) is 36.4 Å². The summed E-state index contributed by atoms with van der Waals surface area (Å²) in [5.41, 5.74) is 2.44. The summed E-state index contributed by atoms with van der Waals surface area (Å²) >= 11 is 0. The van der Waals surface area contributed by atoms with Crippen LogP contribution in [0.3, 0.4) is 0 Å². The summed E-state index contributed by atoms with van der Waals surface area (Å²) in [6, 6.07) is 11.1. The van der Waals surface area contributed by atoms with Gasteiger partial charge in [0.2, 0.25) is 0 Å². The van der Waals surface area contributed by atoms with Crippen LogP contribution >= 0.6 is 0 Å². The number of carboxylic acids is 1. The summed E-state index contributed by atoms with van der Waals surface area (Å²) in [6.07, 6.45) is -0.708. The van der Waals surface area contributed by atoms with E-state index in [1.165, 1.54) is 21.0 Å². The minimum Gasteiger partial charge on any atom is -0.480 e. The second-order valence-electron chi connectivity index (χ2n) is 8.83. The average molecular weight is 515 g/mol. The highest BCUT2D eigenvalue weighted by Crippen LogP contribution is 2.30. The molecule has 0 heterocycles. The molecule has 3 unspecified atom stereocenters. The van der Waals surface area contributed by atoms with Crippen molar-refractivity contribution in [1.82, 2.24) is 10.6 Å². The van der Waals surface area contributed by atoms with Crippen molar-refractivity contribution in [3.05, 3.63) is 70.8 Å². The smallest absolute Gasteiger partial charge is 0.331 e. The number of amides is 2. The summed E-state index contributed by atoms with van der Waals surface area (Å²) in [7, 11) is 1.17. The molecule has 5 N–H and O–H groups in total. The van der Waals surface area contributed by atoms with E-state index in [0.717, 1.165) is 24.0 Å². The number of aliphatic hydroxyl groups is 2. The number of carbonyl (C=O) groups is 4. The molecule has 0 fully saturated rings. The van der Waals surface area contributed by atoms with Crippen LogP contribution < -0.4 is 10.6 Å². The lowest BCUT2D eigenvalue weighted by molar-refractivity contribution is -0.145. The van der Waals surface area contributed by atoms with Crippen molar-refractivity contribution in [1.29, 1.82) is 0 Å². The molecule has 10 nitrogen and oxygen atoms in total. The van der Waals surface area contributed by atoms with Crippen LogP contribution in [-0.4, -0.2) is 70.5 Å². The van der Waals surface area contributed by atoms with E-state index in [4.69, 9.17) is 5.11 Å². The van der Waals surface area contributed by atoms with Crippen molar-refractivity contribution in [2.45, 2.75) is 63.8 Å². The number of ether oxygens (including phenoxy) is 1. The number of carboxylic acid groups (broad SMARTS) is 1. The number of aliphatic hydroxyl groups excluding tert-OH is 2. The maximum absolute atomic E-state index is 12.6. The van der Waals surface area contributed by atoms with E-state index in [0.29, 0.717) is 5.56 Å². The highest BCUT2D eigenvalue weighted by atomic mass is 16.5. The third-order valence-corrected chi connectivity index (χ3v) is 5.99. The van der Waals surface area contributed by atoms with E-state index < -0.39 is 48.0 Å². The van der Waals surface area contributed by atoms with Crippen molar-refractivity contribution in [3.8, 4) is 0 Å². The molecule has 37 heavy (non-hydrogen) atoms. The van der Waals surface area contributed by atoms with Crippen LogP contribution in [0.1, 0.15) is 71.4 Å². The molecule has 10 heteroatoms. The summed E-state index contributed by atoms with van der Waals surface area (Å²) in [4.78, 5) is 48.1. The highest BCUT2D eigenvalue weighted by molar-refractivity contribution is 5.97. The lowest BCUT2D eigenvalue weighted by atomic mass is 9.87.